The predicted octanol–water partition coefficient (Wildman–Crippen LogP) is -0.119. The van der Waals surface area contributed by atoms with Crippen LogP contribution in [0.5, 0.6) is 5.75 Å². The van der Waals surface area contributed by atoms with Crippen molar-refractivity contribution in [2.45, 2.75) is 10.9 Å². The summed E-state index contributed by atoms with van der Waals surface area (Å²) in [5.41, 5.74) is 5.24. The van der Waals surface area contributed by atoms with Gasteiger partial charge in [-0.15, -0.1) is 0 Å². The van der Waals surface area contributed by atoms with Gasteiger partial charge in [-0.25, -0.2) is 8.42 Å². The maximum atomic E-state index is 11.2. The molecule has 1 atom stereocenters. The van der Waals surface area contributed by atoms with Gasteiger partial charge in [0, 0.05) is 6.26 Å². The van der Waals surface area contributed by atoms with Gasteiger partial charge < -0.3 is 15.6 Å². The molecule has 0 saturated carbocycles. The van der Waals surface area contributed by atoms with Gasteiger partial charge >= 0.3 is 5.97 Å². The molecule has 0 saturated heterocycles. The van der Waals surface area contributed by atoms with E-state index in [0.29, 0.717) is 5.75 Å². The number of benzene rings is 1. The molecule has 0 amide bonds. The van der Waals surface area contributed by atoms with Crippen LogP contribution in [-0.2, 0) is 14.6 Å². The highest BCUT2D eigenvalue weighted by Crippen LogP contribution is 2.15. The zero-order valence-electron chi connectivity index (χ0n) is 9.16. The number of carboxylic acid groups (broad SMARTS) is 1. The first kappa shape index (κ1) is 13.5. The van der Waals surface area contributed by atoms with Crippen LogP contribution in [0.4, 0.5) is 0 Å². The Hall–Kier alpha value is -1.60. The van der Waals surface area contributed by atoms with Crippen LogP contribution in [0.2, 0.25) is 0 Å². The van der Waals surface area contributed by atoms with Crippen LogP contribution in [0.25, 0.3) is 0 Å². The molecule has 0 aliphatic heterocycles. The number of sulfone groups is 1. The standard InChI is InChI=1S/C10H13NO5S/c1-17(14,15)8-4-2-7(3-5-8)16-6-9(11)10(12)13/h2-5,9H,6,11H2,1H3,(H,12,13). The molecule has 0 aliphatic rings. The van der Waals surface area contributed by atoms with E-state index in [4.69, 9.17) is 15.6 Å². The van der Waals surface area contributed by atoms with Crippen molar-refractivity contribution in [2.75, 3.05) is 12.9 Å². The van der Waals surface area contributed by atoms with Crippen molar-refractivity contribution in [3.8, 4) is 5.75 Å². The molecule has 0 heterocycles. The minimum absolute atomic E-state index is 0.173. The Balaban J connectivity index is 2.67. The second-order valence-corrected chi connectivity index (χ2v) is 5.52. The molecule has 3 N–H and O–H groups in total. The lowest BCUT2D eigenvalue weighted by Crippen LogP contribution is -2.36. The molecule has 1 aromatic carbocycles. The van der Waals surface area contributed by atoms with Crippen molar-refractivity contribution in [2.24, 2.45) is 5.73 Å². The quantitative estimate of drug-likeness (QED) is 0.763. The maximum Gasteiger partial charge on any atom is 0.324 e. The summed E-state index contributed by atoms with van der Waals surface area (Å²) >= 11 is 0. The maximum absolute atomic E-state index is 11.2. The molecule has 94 valence electrons. The monoisotopic (exact) mass is 259 g/mol. The van der Waals surface area contributed by atoms with Gasteiger partial charge in [-0.1, -0.05) is 0 Å². The van der Waals surface area contributed by atoms with Gasteiger partial charge in [0.15, 0.2) is 9.84 Å². The summed E-state index contributed by atoms with van der Waals surface area (Å²) in [6.45, 7) is -0.173. The topological polar surface area (TPSA) is 107 Å². The summed E-state index contributed by atoms with van der Waals surface area (Å²) in [5.74, 6) is -0.785. The number of nitrogens with two attached hydrogens (primary N) is 1. The smallest absolute Gasteiger partial charge is 0.324 e. The molecule has 0 spiro atoms. The largest absolute Gasteiger partial charge is 0.491 e. The average Bonchev–Trinajstić information content (AvgIpc) is 2.25. The van der Waals surface area contributed by atoms with Crippen LogP contribution >= 0.6 is 0 Å². The SMILES string of the molecule is CS(=O)(=O)c1ccc(OCC(N)C(=O)O)cc1. The summed E-state index contributed by atoms with van der Waals surface area (Å²) in [5, 5.41) is 8.53. The number of carboxylic acids is 1. The number of hydrogen-bond acceptors (Lipinski definition) is 5. The second-order valence-electron chi connectivity index (χ2n) is 3.50. The molecule has 1 rings (SSSR count). The van der Waals surface area contributed by atoms with Crippen molar-refractivity contribution in [3.05, 3.63) is 24.3 Å². The molecule has 0 aromatic heterocycles. The summed E-state index contributed by atoms with van der Waals surface area (Å²) in [4.78, 5) is 10.6. The van der Waals surface area contributed by atoms with Gasteiger partial charge in [0.2, 0.25) is 0 Å². The molecule has 0 radical (unpaired) electrons. The number of carbonyl (C=O) groups is 1. The van der Waals surface area contributed by atoms with Crippen LogP contribution in [0.1, 0.15) is 0 Å². The molecule has 0 fully saturated rings. The number of ether oxygens (including phenoxy) is 1. The number of rotatable bonds is 5. The fourth-order valence-electron chi connectivity index (χ4n) is 1.04. The molecule has 1 aromatic rings. The summed E-state index contributed by atoms with van der Waals surface area (Å²) < 4.78 is 27.4. The first-order valence-electron chi connectivity index (χ1n) is 4.72. The van der Waals surface area contributed by atoms with E-state index in [0.717, 1.165) is 6.26 Å². The fourth-order valence-corrected chi connectivity index (χ4v) is 1.67. The minimum atomic E-state index is -3.24. The molecule has 1 unspecified atom stereocenters. The minimum Gasteiger partial charge on any atom is -0.491 e. The number of aliphatic carboxylic acids is 1. The summed E-state index contributed by atoms with van der Waals surface area (Å²) in [6.07, 6.45) is 1.10. The highest BCUT2D eigenvalue weighted by atomic mass is 32.2. The molecular weight excluding hydrogens is 246 g/mol. The Morgan fingerprint density at radius 2 is 1.94 bits per heavy atom. The second kappa shape index (κ2) is 5.15. The molecular formula is C10H13NO5S. The number of hydrogen-bond donors (Lipinski definition) is 2. The normalized spacial score (nSPS) is 13.1. The summed E-state index contributed by atoms with van der Waals surface area (Å²) in [7, 11) is -3.24. The molecule has 0 aliphatic carbocycles. The molecule has 6 nitrogen and oxygen atoms in total. The van der Waals surface area contributed by atoms with Gasteiger partial charge in [0.05, 0.1) is 4.90 Å². The zero-order chi connectivity index (χ0) is 13.1. The van der Waals surface area contributed by atoms with E-state index in [1.807, 2.05) is 0 Å². The third kappa shape index (κ3) is 4.04. The van der Waals surface area contributed by atoms with E-state index in [-0.39, 0.29) is 11.5 Å². The van der Waals surface area contributed by atoms with Gasteiger partial charge in [0.25, 0.3) is 0 Å². The molecule has 17 heavy (non-hydrogen) atoms. The first-order valence-corrected chi connectivity index (χ1v) is 6.61. The third-order valence-electron chi connectivity index (χ3n) is 2.00. The van der Waals surface area contributed by atoms with Crippen molar-refractivity contribution >= 4 is 15.8 Å². The van der Waals surface area contributed by atoms with Crippen molar-refractivity contribution in [1.82, 2.24) is 0 Å². The van der Waals surface area contributed by atoms with E-state index in [2.05, 4.69) is 0 Å². The van der Waals surface area contributed by atoms with Gasteiger partial charge in [-0.2, -0.15) is 0 Å². The Morgan fingerprint density at radius 1 is 1.41 bits per heavy atom. The van der Waals surface area contributed by atoms with Gasteiger partial charge in [-0.3, -0.25) is 4.79 Å². The van der Waals surface area contributed by atoms with Crippen molar-refractivity contribution in [3.63, 3.8) is 0 Å². The fraction of sp³-hybridized carbons (Fsp3) is 0.300. The predicted molar refractivity (Wildman–Crippen MR) is 60.7 cm³/mol. The van der Waals surface area contributed by atoms with Crippen molar-refractivity contribution < 1.29 is 23.1 Å². The van der Waals surface area contributed by atoms with E-state index >= 15 is 0 Å². The third-order valence-corrected chi connectivity index (χ3v) is 3.13. The summed E-state index contributed by atoms with van der Waals surface area (Å²) in [6, 6.07) is 4.56. The molecule has 0 bridgehead atoms. The lowest BCUT2D eigenvalue weighted by Gasteiger charge is -2.09. The van der Waals surface area contributed by atoms with Crippen LogP contribution in [0.15, 0.2) is 29.2 Å². The van der Waals surface area contributed by atoms with Crippen LogP contribution < -0.4 is 10.5 Å². The zero-order valence-corrected chi connectivity index (χ0v) is 9.98. The van der Waals surface area contributed by atoms with E-state index in [1.54, 1.807) is 0 Å². The highest BCUT2D eigenvalue weighted by molar-refractivity contribution is 7.90. The van der Waals surface area contributed by atoms with Gasteiger partial charge in [0.1, 0.15) is 18.4 Å². The highest BCUT2D eigenvalue weighted by Gasteiger charge is 2.12. The van der Waals surface area contributed by atoms with E-state index < -0.39 is 21.8 Å². The first-order chi connectivity index (χ1) is 7.80. The van der Waals surface area contributed by atoms with Crippen LogP contribution in [-0.4, -0.2) is 38.4 Å². The van der Waals surface area contributed by atoms with E-state index in [1.165, 1.54) is 24.3 Å². The lowest BCUT2D eigenvalue weighted by molar-refractivity contribution is -0.139. The van der Waals surface area contributed by atoms with Crippen LogP contribution in [0.3, 0.4) is 0 Å². The Kier molecular flexibility index (Phi) is 4.08. The Morgan fingerprint density at radius 3 is 2.35 bits per heavy atom. The van der Waals surface area contributed by atoms with Gasteiger partial charge in [-0.05, 0) is 24.3 Å². The van der Waals surface area contributed by atoms with Crippen molar-refractivity contribution in [1.29, 1.82) is 0 Å². The average molecular weight is 259 g/mol. The van der Waals surface area contributed by atoms with Crippen LogP contribution in [0, 0.1) is 0 Å². The molecule has 7 heteroatoms. The van der Waals surface area contributed by atoms with E-state index in [9.17, 15) is 13.2 Å². The Labute approximate surface area is 98.9 Å². The lowest BCUT2D eigenvalue weighted by atomic mass is 10.3. The Bertz CT molecular complexity index is 494.